The van der Waals surface area contributed by atoms with Crippen LogP contribution in [0.4, 0.5) is 0 Å². The van der Waals surface area contributed by atoms with Crippen LogP contribution in [0.5, 0.6) is 0 Å². The van der Waals surface area contributed by atoms with Crippen LogP contribution in [0.3, 0.4) is 0 Å². The van der Waals surface area contributed by atoms with Gasteiger partial charge in [0.15, 0.2) is 0 Å². The maximum atomic E-state index is 5.63. The highest BCUT2D eigenvalue weighted by molar-refractivity contribution is 4.64. The zero-order valence-corrected chi connectivity index (χ0v) is 12.9. The van der Waals surface area contributed by atoms with Crippen molar-refractivity contribution >= 4 is 0 Å². The summed E-state index contributed by atoms with van der Waals surface area (Å²) >= 11 is 0. The highest BCUT2D eigenvalue weighted by Crippen LogP contribution is 2.06. The molecule has 0 fully saturated rings. The molecular formula is C16H33O2. The van der Waals surface area contributed by atoms with Crippen LogP contribution in [0.15, 0.2) is 0 Å². The Bertz CT molecular complexity index is 157. The first-order chi connectivity index (χ1) is 8.66. The van der Waals surface area contributed by atoms with Crippen molar-refractivity contribution in [1.29, 1.82) is 0 Å². The number of ether oxygens (including phenoxy) is 2. The molecule has 18 heavy (non-hydrogen) atoms. The van der Waals surface area contributed by atoms with Gasteiger partial charge in [-0.05, 0) is 44.9 Å². The van der Waals surface area contributed by atoms with Gasteiger partial charge in [0, 0.05) is 19.8 Å². The molecule has 0 rings (SSSR count). The van der Waals surface area contributed by atoms with Gasteiger partial charge in [-0.25, -0.2) is 0 Å². The van der Waals surface area contributed by atoms with Crippen molar-refractivity contribution in [3.8, 4) is 0 Å². The van der Waals surface area contributed by atoms with Gasteiger partial charge in [-0.1, -0.05) is 33.6 Å². The number of unbranched alkanes of at least 4 members (excludes halogenated alkanes) is 5. The Morgan fingerprint density at radius 3 is 2.33 bits per heavy atom. The molecule has 1 unspecified atom stereocenters. The van der Waals surface area contributed by atoms with Crippen molar-refractivity contribution in [2.75, 3.05) is 19.8 Å². The molecule has 0 spiro atoms. The van der Waals surface area contributed by atoms with E-state index in [0.717, 1.165) is 32.7 Å². The normalized spacial score (nSPS) is 13.2. The highest BCUT2D eigenvalue weighted by atomic mass is 16.5. The van der Waals surface area contributed by atoms with Gasteiger partial charge >= 0.3 is 0 Å². The maximum Gasteiger partial charge on any atom is 0.0544 e. The quantitative estimate of drug-likeness (QED) is 0.448. The van der Waals surface area contributed by atoms with Crippen molar-refractivity contribution in [2.45, 2.75) is 72.3 Å². The van der Waals surface area contributed by atoms with Gasteiger partial charge in [0.1, 0.15) is 0 Å². The first-order valence-electron chi connectivity index (χ1n) is 7.67. The summed E-state index contributed by atoms with van der Waals surface area (Å²) < 4.78 is 11.2. The van der Waals surface area contributed by atoms with Gasteiger partial charge in [-0.2, -0.15) is 0 Å². The summed E-state index contributed by atoms with van der Waals surface area (Å²) in [4.78, 5) is 0. The lowest BCUT2D eigenvalue weighted by Crippen LogP contribution is -2.07. The summed E-state index contributed by atoms with van der Waals surface area (Å²) in [5, 5.41) is 0. The molecule has 2 nitrogen and oxygen atoms in total. The molecule has 0 aliphatic heterocycles. The van der Waals surface area contributed by atoms with E-state index >= 15 is 0 Å². The monoisotopic (exact) mass is 257 g/mol. The van der Waals surface area contributed by atoms with Crippen LogP contribution in [0.25, 0.3) is 0 Å². The molecule has 0 N–H and O–H groups in total. The minimum absolute atomic E-state index is 0.420. The van der Waals surface area contributed by atoms with Gasteiger partial charge in [-0.3, -0.25) is 0 Å². The fraction of sp³-hybridized carbons (Fsp3) is 0.938. The predicted octanol–water partition coefficient (Wildman–Crippen LogP) is 4.63. The van der Waals surface area contributed by atoms with Crippen molar-refractivity contribution in [3.63, 3.8) is 0 Å². The van der Waals surface area contributed by atoms with Gasteiger partial charge in [0.2, 0.25) is 0 Å². The molecule has 0 saturated carbocycles. The zero-order chi connectivity index (χ0) is 13.6. The molecule has 0 amide bonds. The van der Waals surface area contributed by atoms with Gasteiger partial charge in [0.05, 0.1) is 6.10 Å². The molecule has 0 aliphatic rings. The summed E-state index contributed by atoms with van der Waals surface area (Å²) in [5.41, 5.74) is 0. The summed E-state index contributed by atoms with van der Waals surface area (Å²) in [5.74, 6) is 0.655. The number of hydrogen-bond donors (Lipinski definition) is 0. The lowest BCUT2D eigenvalue weighted by Gasteiger charge is -2.10. The molecule has 109 valence electrons. The molecule has 0 bridgehead atoms. The summed E-state index contributed by atoms with van der Waals surface area (Å²) in [6.07, 6.45) is 9.92. The fourth-order valence-corrected chi connectivity index (χ4v) is 1.59. The summed E-state index contributed by atoms with van der Waals surface area (Å²) in [6, 6.07) is 0. The fourth-order valence-electron chi connectivity index (χ4n) is 1.59. The smallest absolute Gasteiger partial charge is 0.0544 e. The Hall–Kier alpha value is -0.0800. The molecule has 1 atom stereocenters. The van der Waals surface area contributed by atoms with E-state index in [1.54, 1.807) is 0 Å². The SMILES string of the molecule is CCC(C)OCCC[CH]CCCCOCC(C)C. The van der Waals surface area contributed by atoms with Gasteiger partial charge in [-0.15, -0.1) is 0 Å². The van der Waals surface area contributed by atoms with Crippen LogP contribution in [0.2, 0.25) is 0 Å². The van der Waals surface area contributed by atoms with Crippen LogP contribution < -0.4 is 0 Å². The van der Waals surface area contributed by atoms with E-state index in [4.69, 9.17) is 9.47 Å². The topological polar surface area (TPSA) is 18.5 Å². The van der Waals surface area contributed by atoms with Crippen LogP contribution in [0, 0.1) is 12.3 Å². The van der Waals surface area contributed by atoms with Crippen molar-refractivity contribution in [3.05, 3.63) is 6.42 Å². The van der Waals surface area contributed by atoms with Crippen molar-refractivity contribution < 1.29 is 9.47 Å². The van der Waals surface area contributed by atoms with Crippen LogP contribution >= 0.6 is 0 Å². The standard InChI is InChI=1S/C16H33O2/c1-5-16(4)18-13-11-9-7-6-8-10-12-17-14-15(2)3/h7,15-16H,5-6,8-14H2,1-4H3. The molecule has 0 heterocycles. The number of rotatable bonds is 13. The third kappa shape index (κ3) is 14.0. The molecule has 0 saturated heterocycles. The first kappa shape index (κ1) is 17.9. The molecule has 0 aliphatic carbocycles. The molecule has 0 aromatic heterocycles. The van der Waals surface area contributed by atoms with E-state index in [2.05, 4.69) is 34.1 Å². The largest absolute Gasteiger partial charge is 0.381 e. The minimum atomic E-state index is 0.420. The zero-order valence-electron chi connectivity index (χ0n) is 12.9. The van der Waals surface area contributed by atoms with E-state index in [9.17, 15) is 0 Å². The average molecular weight is 257 g/mol. The number of hydrogen-bond acceptors (Lipinski definition) is 2. The maximum absolute atomic E-state index is 5.63. The molecule has 2 heteroatoms. The first-order valence-corrected chi connectivity index (χ1v) is 7.67. The van der Waals surface area contributed by atoms with E-state index in [1.807, 2.05) is 0 Å². The second-order valence-electron chi connectivity index (χ2n) is 5.49. The van der Waals surface area contributed by atoms with Crippen molar-refractivity contribution in [2.24, 2.45) is 5.92 Å². The predicted molar refractivity (Wildman–Crippen MR) is 78.7 cm³/mol. The van der Waals surface area contributed by atoms with Gasteiger partial charge in [0.25, 0.3) is 0 Å². The third-order valence-electron chi connectivity index (χ3n) is 2.93. The van der Waals surface area contributed by atoms with Crippen LogP contribution in [0.1, 0.15) is 66.2 Å². The van der Waals surface area contributed by atoms with Crippen LogP contribution in [-0.2, 0) is 9.47 Å². The molecular weight excluding hydrogens is 224 g/mol. The summed E-state index contributed by atoms with van der Waals surface area (Å²) in [7, 11) is 0. The van der Waals surface area contributed by atoms with E-state index < -0.39 is 0 Å². The average Bonchev–Trinajstić information content (AvgIpc) is 2.35. The van der Waals surface area contributed by atoms with Crippen LogP contribution in [-0.4, -0.2) is 25.9 Å². The Labute approximate surface area is 114 Å². The Morgan fingerprint density at radius 1 is 0.944 bits per heavy atom. The lowest BCUT2D eigenvalue weighted by atomic mass is 10.1. The Morgan fingerprint density at radius 2 is 1.67 bits per heavy atom. The van der Waals surface area contributed by atoms with Crippen molar-refractivity contribution in [1.82, 2.24) is 0 Å². The Kier molecular flexibility index (Phi) is 13.3. The van der Waals surface area contributed by atoms with E-state index in [1.165, 1.54) is 25.7 Å². The summed E-state index contributed by atoms with van der Waals surface area (Å²) in [6.45, 7) is 11.4. The second-order valence-corrected chi connectivity index (χ2v) is 5.49. The van der Waals surface area contributed by atoms with E-state index in [0.29, 0.717) is 12.0 Å². The highest BCUT2D eigenvalue weighted by Gasteiger charge is 1.98. The second kappa shape index (κ2) is 13.4. The third-order valence-corrected chi connectivity index (χ3v) is 2.93. The molecule has 1 radical (unpaired) electrons. The Balaban J connectivity index is 2.99. The minimum Gasteiger partial charge on any atom is -0.381 e. The molecule has 0 aromatic carbocycles. The van der Waals surface area contributed by atoms with E-state index in [-0.39, 0.29) is 0 Å². The lowest BCUT2D eigenvalue weighted by molar-refractivity contribution is 0.0619. The van der Waals surface area contributed by atoms with Gasteiger partial charge < -0.3 is 9.47 Å². The molecule has 0 aromatic rings.